The Morgan fingerprint density at radius 1 is 1.47 bits per heavy atom. The van der Waals surface area contributed by atoms with Crippen molar-refractivity contribution in [3.63, 3.8) is 0 Å². The van der Waals surface area contributed by atoms with Crippen molar-refractivity contribution in [2.75, 3.05) is 23.5 Å². The van der Waals surface area contributed by atoms with E-state index in [1.807, 2.05) is 6.92 Å². The Morgan fingerprint density at radius 2 is 2.21 bits per heavy atom. The number of aromatic hydroxyl groups is 1. The molecule has 1 heterocycles. The second-order valence-electron chi connectivity index (χ2n) is 4.98. The van der Waals surface area contributed by atoms with Crippen LogP contribution in [0.3, 0.4) is 0 Å². The maximum absolute atomic E-state index is 12.2. The van der Waals surface area contributed by atoms with Crippen LogP contribution in [0.15, 0.2) is 18.2 Å². The second-order valence-corrected chi connectivity index (χ2v) is 6.65. The van der Waals surface area contributed by atoms with Gasteiger partial charge in [0.1, 0.15) is 5.75 Å². The molecule has 1 aromatic rings. The molecule has 1 aliphatic rings. The van der Waals surface area contributed by atoms with Crippen molar-refractivity contribution >= 4 is 21.6 Å². The molecule has 0 aliphatic carbocycles. The van der Waals surface area contributed by atoms with Crippen molar-refractivity contribution in [3.05, 3.63) is 18.2 Å². The molecule has 4 N–H and O–H groups in total. The minimum absolute atomic E-state index is 0.00652. The van der Waals surface area contributed by atoms with E-state index in [0.29, 0.717) is 19.0 Å². The van der Waals surface area contributed by atoms with Gasteiger partial charge in [-0.2, -0.15) is 12.7 Å². The van der Waals surface area contributed by atoms with E-state index in [0.717, 1.165) is 12.8 Å². The Morgan fingerprint density at radius 3 is 2.84 bits per heavy atom. The monoisotopic (exact) mass is 285 g/mol. The average molecular weight is 285 g/mol. The fourth-order valence-corrected chi connectivity index (χ4v) is 3.62. The maximum Gasteiger partial charge on any atom is 0.301 e. The Kier molecular flexibility index (Phi) is 3.86. The van der Waals surface area contributed by atoms with Gasteiger partial charge in [-0.1, -0.05) is 6.92 Å². The van der Waals surface area contributed by atoms with Crippen molar-refractivity contribution in [2.24, 2.45) is 5.92 Å². The van der Waals surface area contributed by atoms with Crippen LogP contribution >= 0.6 is 0 Å². The highest BCUT2D eigenvalue weighted by Crippen LogP contribution is 2.26. The van der Waals surface area contributed by atoms with Gasteiger partial charge in [0.2, 0.25) is 0 Å². The van der Waals surface area contributed by atoms with Gasteiger partial charge in [0, 0.05) is 19.2 Å². The van der Waals surface area contributed by atoms with Gasteiger partial charge in [-0.25, -0.2) is 0 Å². The van der Waals surface area contributed by atoms with Crippen LogP contribution in [-0.2, 0) is 10.2 Å². The van der Waals surface area contributed by atoms with Gasteiger partial charge in [0.15, 0.2) is 0 Å². The molecule has 0 saturated carbocycles. The average Bonchev–Trinajstić information content (AvgIpc) is 2.33. The van der Waals surface area contributed by atoms with Crippen molar-refractivity contribution in [1.82, 2.24) is 4.31 Å². The molecule has 0 spiro atoms. The molecular formula is C12H19N3O3S. The number of hydrogen-bond donors (Lipinski definition) is 3. The van der Waals surface area contributed by atoms with E-state index in [-0.39, 0.29) is 17.1 Å². The van der Waals surface area contributed by atoms with Gasteiger partial charge in [-0.05, 0) is 30.9 Å². The van der Waals surface area contributed by atoms with Gasteiger partial charge in [0.05, 0.1) is 11.4 Å². The molecule has 1 atom stereocenters. The van der Waals surface area contributed by atoms with E-state index in [1.165, 1.54) is 22.5 Å². The minimum Gasteiger partial charge on any atom is -0.508 e. The van der Waals surface area contributed by atoms with Crippen LogP contribution in [0.5, 0.6) is 5.75 Å². The van der Waals surface area contributed by atoms with E-state index < -0.39 is 10.2 Å². The lowest BCUT2D eigenvalue weighted by Gasteiger charge is -2.30. The Labute approximate surface area is 113 Å². The third kappa shape index (κ3) is 3.30. The van der Waals surface area contributed by atoms with E-state index in [4.69, 9.17) is 5.73 Å². The fraction of sp³-hybridized carbons (Fsp3) is 0.500. The summed E-state index contributed by atoms with van der Waals surface area (Å²) in [5.41, 5.74) is 6.17. The summed E-state index contributed by atoms with van der Waals surface area (Å²) >= 11 is 0. The summed E-state index contributed by atoms with van der Waals surface area (Å²) in [5, 5.41) is 9.25. The summed E-state index contributed by atoms with van der Waals surface area (Å²) in [4.78, 5) is 0. The fourth-order valence-electron chi connectivity index (χ4n) is 2.21. The molecule has 1 fully saturated rings. The van der Waals surface area contributed by atoms with Crippen LogP contribution in [0.4, 0.5) is 11.4 Å². The van der Waals surface area contributed by atoms with Gasteiger partial charge in [-0.15, -0.1) is 0 Å². The second kappa shape index (κ2) is 5.26. The Hall–Kier alpha value is -1.47. The molecule has 1 aliphatic heterocycles. The summed E-state index contributed by atoms with van der Waals surface area (Å²) in [6.07, 6.45) is 1.92. The number of nitrogens with one attached hydrogen (secondary N) is 1. The minimum atomic E-state index is -3.58. The number of phenols is 1. The highest BCUT2D eigenvalue weighted by molar-refractivity contribution is 7.90. The van der Waals surface area contributed by atoms with Gasteiger partial charge < -0.3 is 10.8 Å². The first kappa shape index (κ1) is 14.0. The molecule has 19 heavy (non-hydrogen) atoms. The summed E-state index contributed by atoms with van der Waals surface area (Å²) in [7, 11) is -3.58. The van der Waals surface area contributed by atoms with Crippen LogP contribution in [0.1, 0.15) is 19.8 Å². The number of nitrogens with zero attached hydrogens (tertiary/aromatic N) is 1. The van der Waals surface area contributed by atoms with Crippen molar-refractivity contribution < 1.29 is 13.5 Å². The summed E-state index contributed by atoms with van der Waals surface area (Å²) in [6, 6.07) is 4.17. The molecule has 0 radical (unpaired) electrons. The molecule has 6 nitrogen and oxygen atoms in total. The number of phenolic OH excluding ortho intramolecular Hbond substituents is 1. The zero-order chi connectivity index (χ0) is 14.0. The summed E-state index contributed by atoms with van der Waals surface area (Å²) < 4.78 is 28.4. The lowest BCUT2D eigenvalue weighted by atomic mass is 10.0. The number of hydrogen-bond acceptors (Lipinski definition) is 4. The standard InChI is InChI=1S/C12H19N3O3S/c1-9-3-2-6-15(8-9)19(17,18)14-12-5-4-10(16)7-11(12)13/h4-5,7,9,14,16H,2-3,6,8,13H2,1H3. The molecule has 1 saturated heterocycles. The Bertz CT molecular complexity index is 559. The zero-order valence-corrected chi connectivity index (χ0v) is 11.7. The largest absolute Gasteiger partial charge is 0.508 e. The highest BCUT2D eigenvalue weighted by atomic mass is 32.2. The SMILES string of the molecule is CC1CCCN(S(=O)(=O)Nc2ccc(O)cc2N)C1. The molecule has 1 unspecified atom stereocenters. The van der Waals surface area contributed by atoms with Crippen LogP contribution in [0.2, 0.25) is 0 Å². The summed E-state index contributed by atoms with van der Waals surface area (Å²) in [5.74, 6) is 0.370. The van der Waals surface area contributed by atoms with Crippen LogP contribution in [-0.4, -0.2) is 30.9 Å². The highest BCUT2D eigenvalue weighted by Gasteiger charge is 2.27. The predicted molar refractivity (Wildman–Crippen MR) is 75.0 cm³/mol. The smallest absolute Gasteiger partial charge is 0.301 e. The van der Waals surface area contributed by atoms with E-state index in [9.17, 15) is 13.5 Å². The zero-order valence-electron chi connectivity index (χ0n) is 10.8. The number of benzene rings is 1. The summed E-state index contributed by atoms with van der Waals surface area (Å²) in [6.45, 7) is 3.08. The molecule has 0 aromatic heterocycles. The molecule has 2 rings (SSSR count). The van der Waals surface area contributed by atoms with E-state index in [1.54, 1.807) is 0 Å². The maximum atomic E-state index is 12.2. The quantitative estimate of drug-likeness (QED) is 0.577. The lowest BCUT2D eigenvalue weighted by Crippen LogP contribution is -2.42. The number of anilines is 2. The van der Waals surface area contributed by atoms with Gasteiger partial charge in [0.25, 0.3) is 0 Å². The van der Waals surface area contributed by atoms with E-state index >= 15 is 0 Å². The molecule has 1 aromatic carbocycles. The van der Waals surface area contributed by atoms with E-state index in [2.05, 4.69) is 4.72 Å². The molecule has 7 heteroatoms. The molecule has 106 valence electrons. The normalized spacial score (nSPS) is 21.2. The van der Waals surface area contributed by atoms with Crippen LogP contribution in [0, 0.1) is 5.92 Å². The van der Waals surface area contributed by atoms with Crippen molar-refractivity contribution in [1.29, 1.82) is 0 Å². The number of nitrogen functional groups attached to an aromatic ring is 1. The third-order valence-electron chi connectivity index (χ3n) is 3.23. The molecular weight excluding hydrogens is 266 g/mol. The van der Waals surface area contributed by atoms with Crippen LogP contribution in [0.25, 0.3) is 0 Å². The topological polar surface area (TPSA) is 95.7 Å². The number of nitrogens with two attached hydrogens (primary N) is 1. The van der Waals surface area contributed by atoms with Gasteiger partial charge in [-0.3, -0.25) is 4.72 Å². The first-order valence-corrected chi connectivity index (χ1v) is 7.69. The third-order valence-corrected chi connectivity index (χ3v) is 4.72. The first-order chi connectivity index (χ1) is 8.88. The Balaban J connectivity index is 2.16. The predicted octanol–water partition coefficient (Wildman–Crippen LogP) is 1.36. The number of rotatable bonds is 3. The van der Waals surface area contributed by atoms with Gasteiger partial charge >= 0.3 is 10.2 Å². The number of piperidine rings is 1. The lowest BCUT2D eigenvalue weighted by molar-refractivity contribution is 0.282. The first-order valence-electron chi connectivity index (χ1n) is 6.25. The van der Waals surface area contributed by atoms with Crippen molar-refractivity contribution in [2.45, 2.75) is 19.8 Å². The molecule has 0 bridgehead atoms. The van der Waals surface area contributed by atoms with Crippen LogP contribution < -0.4 is 10.5 Å². The molecule has 0 amide bonds. The van der Waals surface area contributed by atoms with Crippen molar-refractivity contribution in [3.8, 4) is 5.75 Å².